The van der Waals surface area contributed by atoms with Gasteiger partial charge in [-0.3, -0.25) is 0 Å². The zero-order valence-corrected chi connectivity index (χ0v) is 14.8. The van der Waals surface area contributed by atoms with E-state index < -0.39 is 0 Å². The standard InChI is InChI=1S/C18H14INOS/c19-10-9-16(13-5-2-1-3-6-13)21-17-8-4-7-14-11-15(12-20)22-18(14)17/h1-8,11,16H,9-10H2. The highest BCUT2D eigenvalue weighted by Crippen LogP contribution is 2.36. The van der Waals surface area contributed by atoms with E-state index in [0.29, 0.717) is 0 Å². The second kappa shape index (κ2) is 7.12. The molecule has 0 spiro atoms. The van der Waals surface area contributed by atoms with Gasteiger partial charge >= 0.3 is 0 Å². The molecule has 3 rings (SSSR count). The fraction of sp³-hybridized carbons (Fsp3) is 0.167. The Hall–Kier alpha value is -1.58. The first kappa shape index (κ1) is 15.3. The summed E-state index contributed by atoms with van der Waals surface area (Å²) in [6.45, 7) is 0. The molecule has 0 aliphatic carbocycles. The van der Waals surface area contributed by atoms with Gasteiger partial charge in [0.25, 0.3) is 0 Å². The van der Waals surface area contributed by atoms with E-state index in [2.05, 4.69) is 40.8 Å². The van der Waals surface area contributed by atoms with Crippen molar-refractivity contribution in [2.75, 3.05) is 4.43 Å². The topological polar surface area (TPSA) is 33.0 Å². The molecule has 0 amide bonds. The fourth-order valence-corrected chi connectivity index (χ4v) is 3.88. The minimum absolute atomic E-state index is 0.0383. The average Bonchev–Trinajstić information content (AvgIpc) is 2.99. The van der Waals surface area contributed by atoms with Crippen molar-refractivity contribution >= 4 is 44.0 Å². The second-order valence-electron chi connectivity index (χ2n) is 4.89. The van der Waals surface area contributed by atoms with Gasteiger partial charge in [-0.05, 0) is 29.5 Å². The molecule has 0 fully saturated rings. The van der Waals surface area contributed by atoms with Gasteiger partial charge in [0.15, 0.2) is 0 Å². The maximum Gasteiger partial charge on any atom is 0.138 e. The van der Waals surface area contributed by atoms with Crippen LogP contribution < -0.4 is 4.74 Å². The van der Waals surface area contributed by atoms with Gasteiger partial charge in [-0.1, -0.05) is 65.1 Å². The summed E-state index contributed by atoms with van der Waals surface area (Å²) in [6.07, 6.45) is 0.994. The smallest absolute Gasteiger partial charge is 0.138 e. The van der Waals surface area contributed by atoms with Crippen molar-refractivity contribution in [2.45, 2.75) is 12.5 Å². The molecule has 0 radical (unpaired) electrons. The minimum Gasteiger partial charge on any atom is -0.484 e. The Labute approximate surface area is 147 Å². The number of nitrogens with zero attached hydrogens (tertiary/aromatic N) is 1. The van der Waals surface area contributed by atoms with Crippen LogP contribution in [-0.4, -0.2) is 4.43 Å². The van der Waals surface area contributed by atoms with Crippen LogP contribution in [0.5, 0.6) is 5.75 Å². The first-order valence-corrected chi connectivity index (χ1v) is 9.36. The van der Waals surface area contributed by atoms with Gasteiger partial charge in [0.05, 0.1) is 4.70 Å². The molecule has 1 aromatic heterocycles. The summed E-state index contributed by atoms with van der Waals surface area (Å²) in [5, 5.41) is 10.2. The Morgan fingerprint density at radius 3 is 2.68 bits per heavy atom. The van der Waals surface area contributed by atoms with E-state index in [4.69, 9.17) is 10.00 Å². The molecule has 0 bridgehead atoms. The molecule has 2 aromatic carbocycles. The SMILES string of the molecule is N#Cc1cc2cccc(OC(CCI)c3ccccc3)c2s1. The Kier molecular flexibility index (Phi) is 4.96. The number of rotatable bonds is 5. The van der Waals surface area contributed by atoms with Crippen LogP contribution in [0.2, 0.25) is 0 Å². The molecule has 0 N–H and O–H groups in total. The normalized spacial score (nSPS) is 12.0. The highest BCUT2D eigenvalue weighted by Gasteiger charge is 2.15. The van der Waals surface area contributed by atoms with Gasteiger partial charge in [-0.15, -0.1) is 11.3 Å². The van der Waals surface area contributed by atoms with Crippen molar-refractivity contribution in [1.82, 2.24) is 0 Å². The Balaban J connectivity index is 1.96. The van der Waals surface area contributed by atoms with Crippen molar-refractivity contribution in [3.8, 4) is 11.8 Å². The molecule has 4 heteroatoms. The van der Waals surface area contributed by atoms with Gasteiger partial charge in [0, 0.05) is 4.43 Å². The van der Waals surface area contributed by atoms with Crippen LogP contribution in [0.25, 0.3) is 10.1 Å². The lowest BCUT2D eigenvalue weighted by molar-refractivity contribution is 0.206. The molecular formula is C18H14INOS. The van der Waals surface area contributed by atoms with E-state index in [1.165, 1.54) is 16.9 Å². The Morgan fingerprint density at radius 1 is 1.14 bits per heavy atom. The molecular weight excluding hydrogens is 405 g/mol. The van der Waals surface area contributed by atoms with Gasteiger partial charge in [0.2, 0.25) is 0 Å². The van der Waals surface area contributed by atoms with Crippen molar-refractivity contribution in [3.05, 3.63) is 65.0 Å². The van der Waals surface area contributed by atoms with Crippen molar-refractivity contribution in [2.24, 2.45) is 0 Å². The monoisotopic (exact) mass is 419 g/mol. The molecule has 1 atom stereocenters. The molecule has 0 aliphatic heterocycles. The number of nitriles is 1. The molecule has 0 saturated heterocycles. The van der Waals surface area contributed by atoms with Gasteiger partial charge < -0.3 is 4.74 Å². The van der Waals surface area contributed by atoms with Crippen LogP contribution in [0.15, 0.2) is 54.6 Å². The van der Waals surface area contributed by atoms with E-state index in [0.717, 1.165) is 31.6 Å². The van der Waals surface area contributed by atoms with Crippen molar-refractivity contribution in [3.63, 3.8) is 0 Å². The number of benzene rings is 2. The third-order valence-electron chi connectivity index (χ3n) is 3.43. The number of ether oxygens (including phenoxy) is 1. The lowest BCUT2D eigenvalue weighted by Crippen LogP contribution is -2.08. The third-order valence-corrected chi connectivity index (χ3v) is 5.12. The van der Waals surface area contributed by atoms with Gasteiger partial charge in [-0.2, -0.15) is 5.26 Å². The fourth-order valence-electron chi connectivity index (χ4n) is 2.40. The van der Waals surface area contributed by atoms with Crippen molar-refractivity contribution < 1.29 is 4.74 Å². The minimum atomic E-state index is 0.0383. The highest BCUT2D eigenvalue weighted by atomic mass is 127. The molecule has 110 valence electrons. The predicted octanol–water partition coefficient (Wildman–Crippen LogP) is 5.72. The van der Waals surface area contributed by atoms with E-state index in [9.17, 15) is 0 Å². The highest BCUT2D eigenvalue weighted by molar-refractivity contribution is 14.1. The summed E-state index contributed by atoms with van der Waals surface area (Å²) >= 11 is 3.87. The average molecular weight is 419 g/mol. The van der Waals surface area contributed by atoms with Crippen molar-refractivity contribution in [1.29, 1.82) is 5.26 Å². The number of thiophene rings is 1. The summed E-state index contributed by atoms with van der Waals surface area (Å²) in [7, 11) is 0. The lowest BCUT2D eigenvalue weighted by Gasteiger charge is -2.19. The van der Waals surface area contributed by atoms with E-state index in [-0.39, 0.29) is 6.10 Å². The number of halogens is 1. The van der Waals surface area contributed by atoms with Crippen LogP contribution in [0.4, 0.5) is 0 Å². The molecule has 0 saturated carbocycles. The lowest BCUT2D eigenvalue weighted by atomic mass is 10.1. The summed E-state index contributed by atoms with van der Waals surface area (Å²) in [5.74, 6) is 0.864. The van der Waals surface area contributed by atoms with Gasteiger partial charge in [-0.25, -0.2) is 0 Å². The maximum absolute atomic E-state index is 9.09. The van der Waals surface area contributed by atoms with Crippen LogP contribution in [0.3, 0.4) is 0 Å². The largest absolute Gasteiger partial charge is 0.484 e. The molecule has 22 heavy (non-hydrogen) atoms. The summed E-state index contributed by atoms with van der Waals surface area (Å²) in [4.78, 5) is 0.719. The number of hydrogen-bond acceptors (Lipinski definition) is 3. The first-order chi connectivity index (χ1) is 10.8. The molecule has 3 aromatic rings. The second-order valence-corrected chi connectivity index (χ2v) is 7.02. The summed E-state index contributed by atoms with van der Waals surface area (Å²) in [5.41, 5.74) is 1.19. The van der Waals surface area contributed by atoms with Crippen LogP contribution in [-0.2, 0) is 0 Å². The molecule has 1 heterocycles. The first-order valence-electron chi connectivity index (χ1n) is 7.02. The summed E-state index contributed by atoms with van der Waals surface area (Å²) < 4.78 is 8.39. The molecule has 1 unspecified atom stereocenters. The number of alkyl halides is 1. The quantitative estimate of drug-likeness (QED) is 0.392. The Morgan fingerprint density at radius 2 is 1.95 bits per heavy atom. The zero-order chi connectivity index (χ0) is 15.4. The number of fused-ring (bicyclic) bond motifs is 1. The van der Waals surface area contributed by atoms with Crippen LogP contribution in [0.1, 0.15) is 23.0 Å². The maximum atomic E-state index is 9.09. The van der Waals surface area contributed by atoms with E-state index in [1.54, 1.807) is 0 Å². The third kappa shape index (κ3) is 3.26. The van der Waals surface area contributed by atoms with Gasteiger partial charge in [0.1, 0.15) is 22.8 Å². The summed E-state index contributed by atoms with van der Waals surface area (Å²) in [6, 6.07) is 20.4. The Bertz CT molecular complexity index is 807. The van der Waals surface area contributed by atoms with Crippen LogP contribution in [0, 0.1) is 11.3 Å². The number of hydrogen-bond donors (Lipinski definition) is 0. The van der Waals surface area contributed by atoms with Crippen LogP contribution >= 0.6 is 33.9 Å². The predicted molar refractivity (Wildman–Crippen MR) is 99.9 cm³/mol. The molecule has 2 nitrogen and oxygen atoms in total. The van der Waals surface area contributed by atoms with E-state index >= 15 is 0 Å². The van der Waals surface area contributed by atoms with E-state index in [1.807, 2.05) is 42.5 Å². The molecule has 0 aliphatic rings. The zero-order valence-electron chi connectivity index (χ0n) is 11.8.